The van der Waals surface area contributed by atoms with E-state index in [2.05, 4.69) is 34.7 Å². The third kappa shape index (κ3) is 4.80. The summed E-state index contributed by atoms with van der Waals surface area (Å²) in [5.41, 5.74) is 0.440. The van der Waals surface area contributed by atoms with Gasteiger partial charge in [0.2, 0.25) is 0 Å². The average Bonchev–Trinajstić information content (AvgIpc) is 3.22. The Morgan fingerprint density at radius 1 is 1.40 bits per heavy atom. The van der Waals surface area contributed by atoms with Crippen molar-refractivity contribution >= 4 is 29.7 Å². The zero-order valence-corrected chi connectivity index (χ0v) is 16.6. The van der Waals surface area contributed by atoms with E-state index in [4.69, 9.17) is 0 Å². The average molecular weight is 384 g/mol. The van der Waals surface area contributed by atoms with Crippen LogP contribution < -0.4 is 5.32 Å². The minimum absolute atomic E-state index is 0. The summed E-state index contributed by atoms with van der Waals surface area (Å²) >= 11 is 1.73. The largest absolute Gasteiger partial charge is 0.330 e. The molecule has 0 saturated carbocycles. The second kappa shape index (κ2) is 8.78. The van der Waals surface area contributed by atoms with E-state index in [9.17, 15) is 4.79 Å². The first-order valence-electron chi connectivity index (χ1n) is 8.53. The van der Waals surface area contributed by atoms with E-state index in [1.54, 1.807) is 11.3 Å². The van der Waals surface area contributed by atoms with E-state index in [0.717, 1.165) is 25.9 Å². The van der Waals surface area contributed by atoms with Crippen molar-refractivity contribution in [1.82, 2.24) is 25.2 Å². The third-order valence-electron chi connectivity index (χ3n) is 4.42. The molecule has 0 aromatic carbocycles. The summed E-state index contributed by atoms with van der Waals surface area (Å²) < 4.78 is 1.86. The number of rotatable bonds is 5. The Labute approximate surface area is 159 Å². The summed E-state index contributed by atoms with van der Waals surface area (Å²) in [5.74, 6) is -0.0452. The first-order valence-corrected chi connectivity index (χ1v) is 9.35. The van der Waals surface area contributed by atoms with E-state index in [0.29, 0.717) is 18.3 Å². The van der Waals surface area contributed by atoms with Gasteiger partial charge in [-0.1, -0.05) is 5.21 Å². The Kier molecular flexibility index (Phi) is 6.98. The number of aryl methyl sites for hydroxylation is 1. The molecule has 1 amide bonds. The second-order valence-electron chi connectivity index (χ2n) is 6.60. The fraction of sp³-hybridized carbons (Fsp3) is 0.588. The number of nitrogens with zero attached hydrogens (tertiary/aromatic N) is 4. The van der Waals surface area contributed by atoms with Crippen LogP contribution in [0, 0.1) is 6.92 Å². The van der Waals surface area contributed by atoms with Gasteiger partial charge in [0, 0.05) is 15.8 Å². The quantitative estimate of drug-likeness (QED) is 0.861. The molecule has 3 rings (SSSR count). The fourth-order valence-electron chi connectivity index (χ4n) is 3.00. The van der Waals surface area contributed by atoms with Crippen molar-refractivity contribution in [2.75, 3.05) is 13.1 Å². The van der Waals surface area contributed by atoms with Gasteiger partial charge in [0.25, 0.3) is 5.91 Å². The normalized spacial score (nSPS) is 15.2. The molecule has 1 saturated heterocycles. The highest BCUT2D eigenvalue weighted by Gasteiger charge is 2.24. The lowest BCUT2D eigenvalue weighted by Crippen LogP contribution is -2.36. The molecule has 1 N–H and O–H groups in total. The molecule has 8 heteroatoms. The second-order valence-corrected chi connectivity index (χ2v) is 7.98. The van der Waals surface area contributed by atoms with Crippen LogP contribution in [0.3, 0.4) is 0 Å². The maximum absolute atomic E-state index is 12.9. The molecule has 0 atom stereocenters. The third-order valence-corrected chi connectivity index (χ3v) is 5.40. The molecule has 0 spiro atoms. The molecule has 0 unspecified atom stereocenters. The first-order chi connectivity index (χ1) is 11.5. The van der Waals surface area contributed by atoms with Crippen molar-refractivity contribution in [2.24, 2.45) is 0 Å². The van der Waals surface area contributed by atoms with E-state index in [1.807, 2.05) is 29.6 Å². The highest BCUT2D eigenvalue weighted by molar-refractivity contribution is 7.11. The SMILES string of the molecule is Cc1ccc(CN(C(=O)c2cn(C3CCNCC3)nn2)C(C)C)s1.Cl. The number of nitrogens with one attached hydrogen (secondary N) is 1. The van der Waals surface area contributed by atoms with Crippen LogP contribution in [0.5, 0.6) is 0 Å². The number of hydrogen-bond donors (Lipinski definition) is 1. The van der Waals surface area contributed by atoms with Crippen LogP contribution in [0.2, 0.25) is 0 Å². The van der Waals surface area contributed by atoms with Gasteiger partial charge in [-0.15, -0.1) is 28.8 Å². The van der Waals surface area contributed by atoms with Gasteiger partial charge in [0.1, 0.15) is 0 Å². The predicted octanol–water partition coefficient (Wildman–Crippen LogP) is 3.05. The number of thiophene rings is 1. The standard InChI is InChI=1S/C17H25N5OS.ClH/c1-12(2)21(10-15-5-4-13(3)24-15)17(23)16-11-22(20-19-16)14-6-8-18-9-7-14;/h4-5,11-12,14,18H,6-10H2,1-3H3;1H. The molecule has 2 aromatic rings. The molecule has 138 valence electrons. The lowest BCUT2D eigenvalue weighted by atomic mass is 10.1. The van der Waals surface area contributed by atoms with Crippen molar-refractivity contribution in [2.45, 2.75) is 52.2 Å². The highest BCUT2D eigenvalue weighted by Crippen LogP contribution is 2.21. The molecule has 0 bridgehead atoms. The summed E-state index contributed by atoms with van der Waals surface area (Å²) in [6.07, 6.45) is 3.87. The number of aromatic nitrogens is 3. The lowest BCUT2D eigenvalue weighted by Gasteiger charge is -2.25. The van der Waals surface area contributed by atoms with Gasteiger partial charge in [0.15, 0.2) is 5.69 Å². The van der Waals surface area contributed by atoms with E-state index in [1.165, 1.54) is 9.75 Å². The lowest BCUT2D eigenvalue weighted by molar-refractivity contribution is 0.0686. The molecule has 0 aliphatic carbocycles. The van der Waals surface area contributed by atoms with Crippen LogP contribution >= 0.6 is 23.7 Å². The van der Waals surface area contributed by atoms with Crippen molar-refractivity contribution < 1.29 is 4.79 Å². The maximum atomic E-state index is 12.9. The molecular weight excluding hydrogens is 358 g/mol. The van der Waals surface area contributed by atoms with Crippen molar-refractivity contribution in [3.8, 4) is 0 Å². The van der Waals surface area contributed by atoms with Crippen molar-refractivity contribution in [1.29, 1.82) is 0 Å². The van der Waals surface area contributed by atoms with E-state index >= 15 is 0 Å². The number of piperidine rings is 1. The fourth-order valence-corrected chi connectivity index (χ4v) is 3.89. The first kappa shape index (κ1) is 19.9. The summed E-state index contributed by atoms with van der Waals surface area (Å²) in [6.45, 7) is 8.76. The highest BCUT2D eigenvalue weighted by atomic mass is 35.5. The zero-order chi connectivity index (χ0) is 17.1. The van der Waals surface area contributed by atoms with Crippen molar-refractivity contribution in [3.05, 3.63) is 33.8 Å². The maximum Gasteiger partial charge on any atom is 0.276 e. The van der Waals surface area contributed by atoms with Crippen LogP contribution in [0.1, 0.15) is 53.0 Å². The minimum Gasteiger partial charge on any atom is -0.330 e. The van der Waals surface area contributed by atoms with Gasteiger partial charge in [0.05, 0.1) is 18.8 Å². The number of carbonyl (C=O) groups excluding carboxylic acids is 1. The molecule has 25 heavy (non-hydrogen) atoms. The van der Waals surface area contributed by atoms with Gasteiger partial charge in [-0.3, -0.25) is 4.79 Å². The number of halogens is 1. The Morgan fingerprint density at radius 3 is 2.72 bits per heavy atom. The Bertz CT molecular complexity index is 693. The molecule has 0 radical (unpaired) electrons. The Balaban J connectivity index is 0.00000225. The number of hydrogen-bond acceptors (Lipinski definition) is 5. The summed E-state index contributed by atoms with van der Waals surface area (Å²) in [6, 6.07) is 4.64. The summed E-state index contributed by atoms with van der Waals surface area (Å²) in [7, 11) is 0. The molecule has 1 fully saturated rings. The smallest absolute Gasteiger partial charge is 0.276 e. The van der Waals surface area contributed by atoms with Gasteiger partial charge >= 0.3 is 0 Å². The van der Waals surface area contributed by atoms with Crippen LogP contribution in [0.25, 0.3) is 0 Å². The monoisotopic (exact) mass is 383 g/mol. The Morgan fingerprint density at radius 2 is 2.12 bits per heavy atom. The zero-order valence-electron chi connectivity index (χ0n) is 14.9. The van der Waals surface area contributed by atoms with Crippen molar-refractivity contribution in [3.63, 3.8) is 0 Å². The molecule has 1 aliphatic heterocycles. The van der Waals surface area contributed by atoms with Crippen LogP contribution in [0.4, 0.5) is 0 Å². The number of amides is 1. The van der Waals surface area contributed by atoms with Gasteiger partial charge in [-0.25, -0.2) is 4.68 Å². The van der Waals surface area contributed by atoms with Gasteiger partial charge in [-0.05, 0) is 58.8 Å². The molecule has 3 heterocycles. The predicted molar refractivity (Wildman–Crippen MR) is 102 cm³/mol. The van der Waals surface area contributed by atoms with E-state index in [-0.39, 0.29) is 24.4 Å². The number of carbonyl (C=O) groups is 1. The van der Waals surface area contributed by atoms with Crippen LogP contribution in [-0.2, 0) is 6.54 Å². The summed E-state index contributed by atoms with van der Waals surface area (Å²) in [4.78, 5) is 17.2. The Hall–Kier alpha value is -1.44. The van der Waals surface area contributed by atoms with Crippen LogP contribution in [0.15, 0.2) is 18.3 Å². The summed E-state index contributed by atoms with van der Waals surface area (Å²) in [5, 5.41) is 11.7. The molecule has 2 aromatic heterocycles. The van der Waals surface area contributed by atoms with Gasteiger partial charge < -0.3 is 10.2 Å². The van der Waals surface area contributed by atoms with Crippen LogP contribution in [-0.4, -0.2) is 44.9 Å². The minimum atomic E-state index is -0.0452. The molecule has 1 aliphatic rings. The molecule has 6 nitrogen and oxygen atoms in total. The van der Waals surface area contributed by atoms with Gasteiger partial charge in [-0.2, -0.15) is 0 Å². The van der Waals surface area contributed by atoms with E-state index < -0.39 is 0 Å². The molecular formula is C17H26ClN5OS. The topological polar surface area (TPSA) is 63.1 Å².